The molecule has 1 fully saturated rings. The Morgan fingerprint density at radius 1 is 1.08 bits per heavy atom. The molecule has 1 heterocycles. The quantitative estimate of drug-likeness (QED) is 0.232. The van der Waals surface area contributed by atoms with Gasteiger partial charge >= 0.3 is 0 Å². The second-order valence-electron chi connectivity index (χ2n) is 11.7. The minimum atomic E-state index is -3.13. The SMILES string of the molecule is Cc1cc(-c2ccc(COc3cccc(C(CP(C)(=O)O)C4CC4)c3)c(CN(C(C)C)C(C)C)c2)c(F)cn1. The summed E-state index contributed by atoms with van der Waals surface area (Å²) in [4.78, 5) is 16.6. The fourth-order valence-corrected chi connectivity index (χ4v) is 6.63. The zero-order valence-electron chi connectivity index (χ0n) is 24.0. The molecule has 0 saturated heterocycles. The summed E-state index contributed by atoms with van der Waals surface area (Å²) in [6, 6.07) is 16.5. The Morgan fingerprint density at radius 3 is 2.44 bits per heavy atom. The maximum Gasteiger partial charge on any atom is 0.198 e. The standard InChI is InChI=1S/C32H42FN2O3P/c1-21(2)35(22(3)4)18-28-15-26(30-14-23(5)34-17-32(30)33)12-13-27(28)19-38-29-9-7-8-25(16-29)31(24-10-11-24)20-39(6,36)37/h7-9,12-17,21-22,24,31H,10-11,18-20H2,1-6H3,(H,36,37). The molecule has 1 aliphatic rings. The molecule has 1 N–H and O–H groups in total. The number of hydrogen-bond donors (Lipinski definition) is 1. The summed E-state index contributed by atoms with van der Waals surface area (Å²) in [5.41, 5.74) is 5.36. The lowest BCUT2D eigenvalue weighted by Gasteiger charge is -2.31. The normalized spacial score (nSPS) is 16.1. The first-order chi connectivity index (χ1) is 18.4. The summed E-state index contributed by atoms with van der Waals surface area (Å²) >= 11 is 0. The van der Waals surface area contributed by atoms with E-state index in [0.717, 1.165) is 53.1 Å². The Bertz CT molecular complexity index is 1320. The molecule has 0 spiro atoms. The highest BCUT2D eigenvalue weighted by Gasteiger charge is 2.35. The van der Waals surface area contributed by atoms with Crippen LogP contribution in [0.1, 0.15) is 68.8 Å². The molecule has 2 unspecified atom stereocenters. The number of hydrogen-bond acceptors (Lipinski definition) is 4. The first-order valence-electron chi connectivity index (χ1n) is 13.9. The Labute approximate surface area is 232 Å². The topological polar surface area (TPSA) is 62.7 Å². The summed E-state index contributed by atoms with van der Waals surface area (Å²) < 4.78 is 33.2. The third kappa shape index (κ3) is 8.00. The fraction of sp³-hybridized carbons (Fsp3) is 0.469. The molecule has 7 heteroatoms. The van der Waals surface area contributed by atoms with Gasteiger partial charge in [0.2, 0.25) is 0 Å². The molecule has 0 radical (unpaired) electrons. The number of aryl methyl sites for hydroxylation is 1. The van der Waals surface area contributed by atoms with Gasteiger partial charge in [-0.2, -0.15) is 0 Å². The summed E-state index contributed by atoms with van der Waals surface area (Å²) in [6.45, 7) is 13.2. The van der Waals surface area contributed by atoms with E-state index < -0.39 is 7.37 Å². The van der Waals surface area contributed by atoms with Crippen LogP contribution in [0.4, 0.5) is 4.39 Å². The zero-order chi connectivity index (χ0) is 28.3. The fourth-order valence-electron chi connectivity index (χ4n) is 5.39. The van der Waals surface area contributed by atoms with E-state index >= 15 is 0 Å². The molecule has 4 rings (SSSR count). The zero-order valence-corrected chi connectivity index (χ0v) is 24.9. The highest BCUT2D eigenvalue weighted by Crippen LogP contribution is 2.50. The average Bonchev–Trinajstić information content (AvgIpc) is 3.71. The van der Waals surface area contributed by atoms with Gasteiger partial charge in [0, 0.05) is 42.7 Å². The van der Waals surface area contributed by atoms with Crippen molar-refractivity contribution in [1.82, 2.24) is 9.88 Å². The van der Waals surface area contributed by atoms with Crippen molar-refractivity contribution in [2.75, 3.05) is 12.8 Å². The van der Waals surface area contributed by atoms with Gasteiger partial charge in [-0.25, -0.2) is 4.39 Å². The van der Waals surface area contributed by atoms with Crippen LogP contribution in [0.15, 0.2) is 54.7 Å². The highest BCUT2D eigenvalue weighted by molar-refractivity contribution is 7.57. The first kappa shape index (κ1) is 29.5. The summed E-state index contributed by atoms with van der Waals surface area (Å²) in [7, 11) is -3.13. The van der Waals surface area contributed by atoms with Crippen LogP contribution in [0.3, 0.4) is 0 Å². The lowest BCUT2D eigenvalue weighted by atomic mass is 9.96. The van der Waals surface area contributed by atoms with Crippen LogP contribution >= 0.6 is 7.37 Å². The molecule has 1 aromatic heterocycles. The predicted molar refractivity (Wildman–Crippen MR) is 157 cm³/mol. The van der Waals surface area contributed by atoms with E-state index in [4.69, 9.17) is 4.74 Å². The lowest BCUT2D eigenvalue weighted by molar-refractivity contribution is 0.164. The average molecular weight is 553 g/mol. The van der Waals surface area contributed by atoms with Crippen molar-refractivity contribution < 1.29 is 18.6 Å². The largest absolute Gasteiger partial charge is 0.489 e. The first-order valence-corrected chi connectivity index (χ1v) is 16.2. The van der Waals surface area contributed by atoms with Gasteiger partial charge in [0.25, 0.3) is 0 Å². The van der Waals surface area contributed by atoms with E-state index in [1.165, 1.54) is 12.9 Å². The van der Waals surface area contributed by atoms with Gasteiger partial charge < -0.3 is 9.63 Å². The van der Waals surface area contributed by atoms with E-state index in [0.29, 0.717) is 36.3 Å². The monoisotopic (exact) mass is 552 g/mol. The van der Waals surface area contributed by atoms with E-state index in [1.807, 2.05) is 43.3 Å². The van der Waals surface area contributed by atoms with Gasteiger partial charge in [0.1, 0.15) is 18.2 Å². The van der Waals surface area contributed by atoms with Gasteiger partial charge in [-0.05, 0) is 106 Å². The summed E-state index contributed by atoms with van der Waals surface area (Å²) in [5, 5.41) is 0. The van der Waals surface area contributed by atoms with E-state index in [2.05, 4.69) is 43.6 Å². The van der Waals surface area contributed by atoms with E-state index in [-0.39, 0.29) is 11.7 Å². The van der Waals surface area contributed by atoms with Crippen LogP contribution in [0.2, 0.25) is 0 Å². The van der Waals surface area contributed by atoms with Crippen molar-refractivity contribution in [2.24, 2.45) is 5.92 Å². The Balaban J connectivity index is 1.62. The van der Waals surface area contributed by atoms with Gasteiger partial charge in [0.05, 0.1) is 6.20 Å². The number of rotatable bonds is 12. The lowest BCUT2D eigenvalue weighted by Crippen LogP contribution is -2.36. The molecule has 2 atom stereocenters. The molecule has 3 aromatic rings. The molecule has 5 nitrogen and oxygen atoms in total. The Hall–Kier alpha value is -2.53. The van der Waals surface area contributed by atoms with Gasteiger partial charge in [-0.3, -0.25) is 14.4 Å². The smallest absolute Gasteiger partial charge is 0.198 e. The predicted octanol–water partition coefficient (Wildman–Crippen LogP) is 7.79. The molecular formula is C32H42FN2O3P. The number of pyridine rings is 1. The number of benzene rings is 2. The molecule has 0 amide bonds. The van der Waals surface area contributed by atoms with Crippen LogP contribution in [0.25, 0.3) is 11.1 Å². The summed E-state index contributed by atoms with van der Waals surface area (Å²) in [6.07, 6.45) is 3.79. The molecule has 2 aromatic carbocycles. The molecule has 1 aliphatic carbocycles. The van der Waals surface area contributed by atoms with Gasteiger partial charge in [-0.15, -0.1) is 0 Å². The van der Waals surface area contributed by atoms with Crippen molar-refractivity contribution in [3.8, 4) is 16.9 Å². The molecule has 0 bridgehead atoms. The third-order valence-electron chi connectivity index (χ3n) is 7.60. The third-order valence-corrected chi connectivity index (χ3v) is 8.67. The van der Waals surface area contributed by atoms with Crippen LogP contribution in [0, 0.1) is 18.7 Å². The minimum Gasteiger partial charge on any atom is -0.489 e. The second kappa shape index (κ2) is 12.3. The van der Waals surface area contributed by atoms with Crippen molar-refractivity contribution in [3.05, 3.63) is 82.9 Å². The Kier molecular flexibility index (Phi) is 9.31. The van der Waals surface area contributed by atoms with Crippen molar-refractivity contribution in [2.45, 2.75) is 78.6 Å². The van der Waals surface area contributed by atoms with E-state index in [1.54, 1.807) is 6.07 Å². The van der Waals surface area contributed by atoms with Gasteiger partial charge in [0.15, 0.2) is 7.37 Å². The van der Waals surface area contributed by atoms with Crippen LogP contribution in [-0.2, 0) is 17.7 Å². The maximum atomic E-state index is 14.7. The molecule has 0 aliphatic heterocycles. The number of nitrogens with zero attached hydrogens (tertiary/aromatic N) is 2. The van der Waals surface area contributed by atoms with Crippen LogP contribution < -0.4 is 4.74 Å². The maximum absolute atomic E-state index is 14.7. The molecule has 210 valence electrons. The molecular weight excluding hydrogens is 510 g/mol. The van der Waals surface area contributed by atoms with Crippen molar-refractivity contribution >= 4 is 7.37 Å². The number of halogens is 1. The summed E-state index contributed by atoms with van der Waals surface area (Å²) in [5.74, 6) is 0.961. The van der Waals surface area contributed by atoms with E-state index in [9.17, 15) is 13.8 Å². The molecule has 1 saturated carbocycles. The minimum absolute atomic E-state index is 0.0774. The molecule has 39 heavy (non-hydrogen) atoms. The second-order valence-corrected chi connectivity index (χ2v) is 14.2. The van der Waals surface area contributed by atoms with Gasteiger partial charge in [-0.1, -0.05) is 24.3 Å². The van der Waals surface area contributed by atoms with Crippen molar-refractivity contribution in [1.29, 1.82) is 0 Å². The van der Waals surface area contributed by atoms with Crippen molar-refractivity contribution in [3.63, 3.8) is 0 Å². The van der Waals surface area contributed by atoms with Crippen LogP contribution in [-0.4, -0.2) is 39.7 Å². The number of aromatic nitrogens is 1. The van der Waals surface area contributed by atoms with Crippen LogP contribution in [0.5, 0.6) is 5.75 Å². The Morgan fingerprint density at radius 2 is 1.79 bits per heavy atom. The number of ether oxygens (including phenoxy) is 1. The highest BCUT2D eigenvalue weighted by atomic mass is 31.2.